The highest BCUT2D eigenvalue weighted by molar-refractivity contribution is 6.31. The fourth-order valence-corrected chi connectivity index (χ4v) is 1.95. The van der Waals surface area contributed by atoms with Crippen molar-refractivity contribution in [3.63, 3.8) is 0 Å². The summed E-state index contributed by atoms with van der Waals surface area (Å²) in [6.07, 6.45) is 5.47. The lowest BCUT2D eigenvalue weighted by Gasteiger charge is -2.21. The van der Waals surface area contributed by atoms with Crippen LogP contribution in [0.5, 0.6) is 0 Å². The van der Waals surface area contributed by atoms with E-state index in [1.165, 1.54) is 0 Å². The standard InChI is InChI=1S/C12H13Cl/c1-5-12(3,4)11-9(2)7-6-8-10(11)13/h1,6-8H,2-4H3. The maximum absolute atomic E-state index is 6.10. The molecular formula is C12H13Cl. The molecule has 0 spiro atoms. The van der Waals surface area contributed by atoms with Gasteiger partial charge in [-0.2, -0.15) is 0 Å². The average molecular weight is 193 g/mol. The van der Waals surface area contributed by atoms with E-state index in [0.29, 0.717) is 0 Å². The fourth-order valence-electron chi connectivity index (χ4n) is 1.50. The van der Waals surface area contributed by atoms with Crippen LogP contribution >= 0.6 is 11.6 Å². The summed E-state index contributed by atoms with van der Waals surface area (Å²) in [5, 5.41) is 0.753. The van der Waals surface area contributed by atoms with Gasteiger partial charge in [0.1, 0.15) is 0 Å². The quantitative estimate of drug-likeness (QED) is 0.597. The summed E-state index contributed by atoms with van der Waals surface area (Å²) >= 11 is 6.10. The lowest BCUT2D eigenvalue weighted by Crippen LogP contribution is -2.16. The molecule has 0 saturated carbocycles. The first kappa shape index (κ1) is 10.2. The summed E-state index contributed by atoms with van der Waals surface area (Å²) < 4.78 is 0. The van der Waals surface area contributed by atoms with Crippen LogP contribution in [0.1, 0.15) is 25.0 Å². The van der Waals surface area contributed by atoms with Gasteiger partial charge in [0.05, 0.1) is 5.41 Å². The van der Waals surface area contributed by atoms with Crippen LogP contribution in [0.15, 0.2) is 18.2 Å². The minimum absolute atomic E-state index is 0.289. The first-order valence-electron chi connectivity index (χ1n) is 4.22. The van der Waals surface area contributed by atoms with Crippen molar-refractivity contribution in [3.8, 4) is 12.3 Å². The Balaban J connectivity index is 3.38. The van der Waals surface area contributed by atoms with Gasteiger partial charge < -0.3 is 0 Å². The summed E-state index contributed by atoms with van der Waals surface area (Å²) in [6.45, 7) is 6.03. The van der Waals surface area contributed by atoms with Gasteiger partial charge >= 0.3 is 0 Å². The largest absolute Gasteiger partial charge is 0.119 e. The third kappa shape index (κ3) is 1.87. The molecule has 0 bridgehead atoms. The molecule has 0 aliphatic carbocycles. The van der Waals surface area contributed by atoms with Gasteiger partial charge in [-0.15, -0.1) is 6.42 Å². The zero-order chi connectivity index (χ0) is 10.1. The second-order valence-corrected chi connectivity index (χ2v) is 4.11. The van der Waals surface area contributed by atoms with E-state index in [9.17, 15) is 0 Å². The maximum Gasteiger partial charge on any atom is 0.0521 e. The summed E-state index contributed by atoms with van der Waals surface area (Å²) in [5.74, 6) is 2.75. The van der Waals surface area contributed by atoms with E-state index < -0.39 is 0 Å². The molecule has 0 heterocycles. The Morgan fingerprint density at radius 3 is 2.46 bits per heavy atom. The molecular weight excluding hydrogens is 180 g/mol. The van der Waals surface area contributed by atoms with E-state index in [2.05, 4.69) is 5.92 Å². The first-order chi connectivity index (χ1) is 5.99. The lowest BCUT2D eigenvalue weighted by atomic mass is 9.83. The summed E-state index contributed by atoms with van der Waals surface area (Å²) in [5.41, 5.74) is 1.91. The van der Waals surface area contributed by atoms with Crippen LogP contribution in [0, 0.1) is 19.3 Å². The van der Waals surface area contributed by atoms with Gasteiger partial charge in [0.2, 0.25) is 0 Å². The molecule has 1 aromatic rings. The van der Waals surface area contributed by atoms with Gasteiger partial charge in [0, 0.05) is 5.02 Å². The van der Waals surface area contributed by atoms with Gasteiger partial charge in [0.15, 0.2) is 0 Å². The first-order valence-corrected chi connectivity index (χ1v) is 4.60. The van der Waals surface area contributed by atoms with Crippen molar-refractivity contribution in [3.05, 3.63) is 34.3 Å². The van der Waals surface area contributed by atoms with E-state index in [-0.39, 0.29) is 5.41 Å². The monoisotopic (exact) mass is 192 g/mol. The van der Waals surface area contributed by atoms with Gasteiger partial charge in [-0.3, -0.25) is 0 Å². The molecule has 0 saturated heterocycles. The average Bonchev–Trinajstić information content (AvgIpc) is 2.03. The molecule has 0 aliphatic heterocycles. The summed E-state index contributed by atoms with van der Waals surface area (Å²) in [7, 11) is 0. The topological polar surface area (TPSA) is 0 Å². The third-order valence-corrected chi connectivity index (χ3v) is 2.52. The predicted molar refractivity (Wildman–Crippen MR) is 58.0 cm³/mol. The zero-order valence-corrected chi connectivity index (χ0v) is 8.94. The van der Waals surface area contributed by atoms with E-state index in [1.54, 1.807) is 0 Å². The Labute approximate surface area is 84.9 Å². The van der Waals surface area contributed by atoms with E-state index in [4.69, 9.17) is 18.0 Å². The zero-order valence-electron chi connectivity index (χ0n) is 8.19. The van der Waals surface area contributed by atoms with Crippen molar-refractivity contribution in [2.45, 2.75) is 26.2 Å². The van der Waals surface area contributed by atoms with Crippen LogP contribution in [0.3, 0.4) is 0 Å². The number of benzene rings is 1. The van der Waals surface area contributed by atoms with Gasteiger partial charge in [-0.25, -0.2) is 0 Å². The highest BCUT2D eigenvalue weighted by Gasteiger charge is 2.21. The second-order valence-electron chi connectivity index (χ2n) is 3.70. The molecule has 68 valence electrons. The molecule has 0 aliphatic rings. The Morgan fingerprint density at radius 1 is 1.38 bits per heavy atom. The van der Waals surface area contributed by atoms with Crippen molar-refractivity contribution >= 4 is 11.6 Å². The van der Waals surface area contributed by atoms with E-state index in [1.807, 2.05) is 39.0 Å². The van der Waals surface area contributed by atoms with Gasteiger partial charge in [0.25, 0.3) is 0 Å². The number of hydrogen-bond donors (Lipinski definition) is 0. The number of halogens is 1. The molecule has 1 aromatic carbocycles. The van der Waals surface area contributed by atoms with Crippen molar-refractivity contribution in [1.82, 2.24) is 0 Å². The van der Waals surface area contributed by atoms with Crippen LogP contribution in [-0.4, -0.2) is 0 Å². The Kier molecular flexibility index (Phi) is 2.68. The highest BCUT2D eigenvalue weighted by Crippen LogP contribution is 2.31. The fraction of sp³-hybridized carbons (Fsp3) is 0.333. The molecule has 0 fully saturated rings. The van der Waals surface area contributed by atoms with Crippen LogP contribution in [-0.2, 0) is 5.41 Å². The van der Waals surface area contributed by atoms with Crippen LogP contribution in [0.4, 0.5) is 0 Å². The Morgan fingerprint density at radius 2 is 2.00 bits per heavy atom. The predicted octanol–water partition coefficient (Wildman–Crippen LogP) is 3.56. The maximum atomic E-state index is 6.10. The summed E-state index contributed by atoms with van der Waals surface area (Å²) in [4.78, 5) is 0. The molecule has 0 aromatic heterocycles. The Hall–Kier alpha value is -0.930. The van der Waals surface area contributed by atoms with Crippen LogP contribution < -0.4 is 0 Å². The molecule has 0 N–H and O–H groups in total. The number of rotatable bonds is 1. The number of aryl methyl sites for hydroxylation is 1. The Bertz CT molecular complexity index is 336. The van der Waals surface area contributed by atoms with E-state index >= 15 is 0 Å². The SMILES string of the molecule is C#CC(C)(C)c1c(C)cccc1Cl. The molecule has 1 heteroatoms. The second kappa shape index (κ2) is 3.44. The van der Waals surface area contributed by atoms with Crippen LogP contribution in [0.2, 0.25) is 5.02 Å². The molecule has 0 radical (unpaired) electrons. The smallest absolute Gasteiger partial charge is 0.0521 e. The van der Waals surface area contributed by atoms with E-state index in [0.717, 1.165) is 16.1 Å². The minimum Gasteiger partial charge on any atom is -0.119 e. The third-order valence-electron chi connectivity index (χ3n) is 2.21. The highest BCUT2D eigenvalue weighted by atomic mass is 35.5. The van der Waals surface area contributed by atoms with Crippen LogP contribution in [0.25, 0.3) is 0 Å². The van der Waals surface area contributed by atoms with Gasteiger partial charge in [-0.05, 0) is 38.0 Å². The molecule has 1 rings (SSSR count). The minimum atomic E-state index is -0.289. The molecule has 0 atom stereocenters. The van der Waals surface area contributed by atoms with Crippen molar-refractivity contribution in [2.75, 3.05) is 0 Å². The number of terminal acetylenes is 1. The molecule has 0 amide bonds. The molecule has 0 unspecified atom stereocenters. The van der Waals surface area contributed by atoms with Crippen molar-refractivity contribution < 1.29 is 0 Å². The number of hydrogen-bond acceptors (Lipinski definition) is 0. The molecule has 13 heavy (non-hydrogen) atoms. The van der Waals surface area contributed by atoms with Gasteiger partial charge in [-0.1, -0.05) is 29.7 Å². The van der Waals surface area contributed by atoms with Crippen molar-refractivity contribution in [1.29, 1.82) is 0 Å². The molecule has 0 nitrogen and oxygen atoms in total. The normalized spacial score (nSPS) is 11.0. The van der Waals surface area contributed by atoms with Crippen molar-refractivity contribution in [2.24, 2.45) is 0 Å². The summed E-state index contributed by atoms with van der Waals surface area (Å²) in [6, 6.07) is 5.84. The lowest BCUT2D eigenvalue weighted by molar-refractivity contribution is 0.693.